The van der Waals surface area contributed by atoms with Gasteiger partial charge in [-0.25, -0.2) is 4.98 Å². The van der Waals surface area contributed by atoms with Crippen LogP contribution < -0.4 is 16.0 Å². The van der Waals surface area contributed by atoms with Crippen LogP contribution in [0.15, 0.2) is 47.8 Å². The van der Waals surface area contributed by atoms with Crippen LogP contribution in [0.3, 0.4) is 0 Å². The van der Waals surface area contributed by atoms with E-state index < -0.39 is 0 Å². The lowest BCUT2D eigenvalue weighted by atomic mass is 10.1. The van der Waals surface area contributed by atoms with E-state index in [1.54, 1.807) is 24.3 Å². The second kappa shape index (κ2) is 9.32. The Balaban J connectivity index is 1.55. The van der Waals surface area contributed by atoms with Crippen LogP contribution in [-0.2, 0) is 9.59 Å². The first kappa shape index (κ1) is 21.2. The Labute approximate surface area is 178 Å². The number of nitrogens with one attached hydrogen (secondary N) is 3. The number of nitrogens with zero attached hydrogens (tertiary/aromatic N) is 1. The molecule has 3 amide bonds. The van der Waals surface area contributed by atoms with Crippen LogP contribution in [0.5, 0.6) is 0 Å². The van der Waals surface area contributed by atoms with Crippen molar-refractivity contribution >= 4 is 39.9 Å². The fourth-order valence-corrected chi connectivity index (χ4v) is 3.66. The second-order valence-corrected chi connectivity index (χ2v) is 7.76. The van der Waals surface area contributed by atoms with E-state index >= 15 is 0 Å². The third-order valence-corrected chi connectivity index (χ3v) is 4.90. The van der Waals surface area contributed by atoms with Crippen molar-refractivity contribution in [2.45, 2.75) is 20.8 Å². The van der Waals surface area contributed by atoms with Crippen molar-refractivity contribution in [2.24, 2.45) is 0 Å². The van der Waals surface area contributed by atoms with E-state index in [1.807, 2.05) is 37.4 Å². The van der Waals surface area contributed by atoms with E-state index in [2.05, 4.69) is 20.9 Å². The van der Waals surface area contributed by atoms with Crippen LogP contribution in [0.2, 0.25) is 0 Å². The second-order valence-electron chi connectivity index (χ2n) is 6.90. The van der Waals surface area contributed by atoms with Gasteiger partial charge in [0.25, 0.3) is 5.91 Å². The fraction of sp³-hybridized carbons (Fsp3) is 0.182. The van der Waals surface area contributed by atoms with Gasteiger partial charge in [-0.1, -0.05) is 29.3 Å². The van der Waals surface area contributed by atoms with E-state index in [0.29, 0.717) is 22.1 Å². The molecule has 154 valence electrons. The summed E-state index contributed by atoms with van der Waals surface area (Å²) < 4.78 is 0. The highest BCUT2D eigenvalue weighted by atomic mass is 32.1. The van der Waals surface area contributed by atoms with Crippen molar-refractivity contribution < 1.29 is 14.4 Å². The lowest BCUT2D eigenvalue weighted by molar-refractivity contribution is -0.115. The van der Waals surface area contributed by atoms with Gasteiger partial charge < -0.3 is 16.0 Å². The molecule has 0 spiro atoms. The molecule has 30 heavy (non-hydrogen) atoms. The third kappa shape index (κ3) is 5.74. The highest BCUT2D eigenvalue weighted by Gasteiger charge is 2.11. The monoisotopic (exact) mass is 422 g/mol. The molecule has 0 aliphatic rings. The first-order valence-electron chi connectivity index (χ1n) is 9.30. The molecule has 0 atom stereocenters. The lowest BCUT2D eigenvalue weighted by Crippen LogP contribution is -2.32. The zero-order valence-corrected chi connectivity index (χ0v) is 17.7. The Morgan fingerprint density at radius 2 is 1.63 bits per heavy atom. The molecule has 0 aliphatic carbocycles. The summed E-state index contributed by atoms with van der Waals surface area (Å²) in [7, 11) is 0. The number of anilines is 2. The summed E-state index contributed by atoms with van der Waals surface area (Å²) in [5.41, 5.74) is 4.79. The van der Waals surface area contributed by atoms with Crippen LogP contribution in [0.25, 0.3) is 11.3 Å². The number of aromatic nitrogens is 1. The molecule has 3 rings (SSSR count). The largest absolute Gasteiger partial charge is 0.343 e. The molecule has 8 heteroatoms. The Morgan fingerprint density at radius 3 is 2.27 bits per heavy atom. The highest BCUT2D eigenvalue weighted by molar-refractivity contribution is 7.14. The number of carbonyl (C=O) groups is 3. The SMILES string of the molecule is CC(=O)Nc1ccc(-c2csc(NC(=O)CNC(=O)c3cc(C)cc(C)c3)n2)cc1. The van der Waals surface area contributed by atoms with E-state index in [-0.39, 0.29) is 24.3 Å². The standard InChI is InChI=1S/C22H22N4O3S/c1-13-8-14(2)10-17(9-13)21(29)23-11-20(28)26-22-25-19(12-30-22)16-4-6-18(7-5-16)24-15(3)27/h4-10,12H,11H2,1-3H3,(H,23,29)(H,24,27)(H,25,26,28). The Morgan fingerprint density at radius 1 is 0.967 bits per heavy atom. The first-order chi connectivity index (χ1) is 14.3. The van der Waals surface area contributed by atoms with Crippen molar-refractivity contribution in [1.82, 2.24) is 10.3 Å². The number of amides is 3. The van der Waals surface area contributed by atoms with Crippen molar-refractivity contribution in [1.29, 1.82) is 0 Å². The minimum Gasteiger partial charge on any atom is -0.343 e. The molecule has 3 N–H and O–H groups in total. The first-order valence-corrected chi connectivity index (χ1v) is 10.2. The zero-order valence-electron chi connectivity index (χ0n) is 16.9. The molecule has 3 aromatic rings. The molecule has 0 unspecified atom stereocenters. The van der Waals surface area contributed by atoms with Gasteiger partial charge in [0.1, 0.15) is 0 Å². The third-order valence-electron chi connectivity index (χ3n) is 4.14. The van der Waals surface area contributed by atoms with Gasteiger partial charge in [-0.3, -0.25) is 14.4 Å². The molecule has 0 saturated carbocycles. The molecule has 0 fully saturated rings. The summed E-state index contributed by atoms with van der Waals surface area (Å²) in [4.78, 5) is 39.9. The van der Waals surface area contributed by atoms with Gasteiger partial charge in [0, 0.05) is 29.1 Å². The highest BCUT2D eigenvalue weighted by Crippen LogP contribution is 2.26. The van der Waals surface area contributed by atoms with Crippen molar-refractivity contribution in [3.63, 3.8) is 0 Å². The van der Waals surface area contributed by atoms with E-state index in [9.17, 15) is 14.4 Å². The van der Waals surface area contributed by atoms with Crippen molar-refractivity contribution in [2.75, 3.05) is 17.2 Å². The molecule has 0 aliphatic heterocycles. The zero-order chi connectivity index (χ0) is 21.7. The van der Waals surface area contributed by atoms with Crippen molar-refractivity contribution in [3.8, 4) is 11.3 Å². The maximum absolute atomic E-state index is 12.3. The molecule has 0 radical (unpaired) electrons. The molecular formula is C22H22N4O3S. The summed E-state index contributed by atoms with van der Waals surface area (Å²) in [6, 6.07) is 12.8. The predicted molar refractivity (Wildman–Crippen MR) is 119 cm³/mol. The summed E-state index contributed by atoms with van der Waals surface area (Å²) in [5, 5.41) is 10.3. The van der Waals surface area contributed by atoms with Gasteiger partial charge in [0.05, 0.1) is 12.2 Å². The Bertz CT molecular complexity index is 1070. The average Bonchev–Trinajstić information content (AvgIpc) is 3.14. The number of benzene rings is 2. The molecule has 0 saturated heterocycles. The Hall–Kier alpha value is -3.52. The van der Waals surface area contributed by atoms with Crippen LogP contribution >= 0.6 is 11.3 Å². The van der Waals surface area contributed by atoms with Crippen LogP contribution in [0, 0.1) is 13.8 Å². The Kier molecular flexibility index (Phi) is 6.58. The van der Waals surface area contributed by atoms with E-state index in [1.165, 1.54) is 18.3 Å². The van der Waals surface area contributed by atoms with Gasteiger partial charge in [-0.15, -0.1) is 11.3 Å². The number of aryl methyl sites for hydroxylation is 2. The number of thiazole rings is 1. The lowest BCUT2D eigenvalue weighted by Gasteiger charge is -2.07. The number of hydrogen-bond donors (Lipinski definition) is 3. The van der Waals surface area contributed by atoms with Crippen molar-refractivity contribution in [3.05, 3.63) is 64.5 Å². The van der Waals surface area contributed by atoms with Gasteiger partial charge in [-0.2, -0.15) is 0 Å². The maximum Gasteiger partial charge on any atom is 0.251 e. The minimum atomic E-state index is -0.352. The molecule has 1 aromatic heterocycles. The number of rotatable bonds is 6. The topological polar surface area (TPSA) is 100 Å². The van der Waals surface area contributed by atoms with Crippen LogP contribution in [-0.4, -0.2) is 29.3 Å². The smallest absolute Gasteiger partial charge is 0.251 e. The summed E-state index contributed by atoms with van der Waals surface area (Å²) in [6.07, 6.45) is 0. The van der Waals surface area contributed by atoms with Gasteiger partial charge in [0.2, 0.25) is 11.8 Å². The van der Waals surface area contributed by atoms with Gasteiger partial charge in [-0.05, 0) is 38.1 Å². The van der Waals surface area contributed by atoms with Gasteiger partial charge in [0.15, 0.2) is 5.13 Å². The van der Waals surface area contributed by atoms with Gasteiger partial charge >= 0.3 is 0 Å². The summed E-state index contributed by atoms with van der Waals surface area (Å²) >= 11 is 1.30. The quantitative estimate of drug-likeness (QED) is 0.563. The summed E-state index contributed by atoms with van der Waals surface area (Å²) in [5.74, 6) is -0.781. The molecule has 0 bridgehead atoms. The molecular weight excluding hydrogens is 400 g/mol. The minimum absolute atomic E-state index is 0.133. The number of carbonyl (C=O) groups excluding carboxylic acids is 3. The predicted octanol–water partition coefficient (Wildman–Crippen LogP) is 3.75. The summed E-state index contributed by atoms with van der Waals surface area (Å²) in [6.45, 7) is 5.15. The van der Waals surface area contributed by atoms with Crippen LogP contribution in [0.1, 0.15) is 28.4 Å². The fourth-order valence-electron chi connectivity index (χ4n) is 2.92. The molecule has 7 nitrogen and oxygen atoms in total. The number of hydrogen-bond acceptors (Lipinski definition) is 5. The van der Waals surface area contributed by atoms with E-state index in [4.69, 9.17) is 0 Å². The average molecular weight is 423 g/mol. The molecule has 2 aromatic carbocycles. The van der Waals surface area contributed by atoms with E-state index in [0.717, 1.165) is 16.7 Å². The maximum atomic E-state index is 12.3. The molecule has 1 heterocycles. The van der Waals surface area contributed by atoms with Crippen LogP contribution in [0.4, 0.5) is 10.8 Å². The normalized spacial score (nSPS) is 10.4.